The number of non-ortho nitro benzene ring substituents is 1. The number of fused-ring (bicyclic) bond motifs is 2. The van der Waals surface area contributed by atoms with E-state index in [1.807, 2.05) is 6.07 Å². The fraction of sp³-hybridized carbons (Fsp3) is 0.0556. The van der Waals surface area contributed by atoms with Crippen LogP contribution < -0.4 is 16.1 Å². The average Bonchev–Trinajstić information content (AvgIpc) is 2.69. The number of nitriles is 1. The van der Waals surface area contributed by atoms with Gasteiger partial charge in [-0.3, -0.25) is 15.5 Å². The van der Waals surface area contributed by atoms with Gasteiger partial charge in [-0.2, -0.15) is 5.26 Å². The molecule has 1 aliphatic rings. The zero-order valence-electron chi connectivity index (χ0n) is 13.8. The highest BCUT2D eigenvalue weighted by atomic mass is 16.6. The topological polar surface area (TPSA) is 144 Å². The zero-order chi connectivity index (χ0) is 19.1. The molecule has 0 amide bonds. The first-order chi connectivity index (χ1) is 13.0. The number of nitrogens with zero attached hydrogens (tertiary/aromatic N) is 4. The fourth-order valence-electron chi connectivity index (χ4n) is 3.18. The van der Waals surface area contributed by atoms with Gasteiger partial charge in [0.15, 0.2) is 5.49 Å². The van der Waals surface area contributed by atoms with Gasteiger partial charge in [0.1, 0.15) is 12.1 Å². The van der Waals surface area contributed by atoms with Gasteiger partial charge in [-0.05, 0) is 17.7 Å². The zero-order valence-corrected chi connectivity index (χ0v) is 13.8. The second-order valence-electron chi connectivity index (χ2n) is 5.97. The number of ether oxygens (including phenoxy) is 1. The van der Waals surface area contributed by atoms with E-state index in [1.165, 1.54) is 18.5 Å². The Bertz CT molecular complexity index is 1190. The van der Waals surface area contributed by atoms with Crippen LogP contribution in [0.25, 0.3) is 0 Å². The average molecular weight is 360 g/mol. The van der Waals surface area contributed by atoms with Crippen molar-refractivity contribution in [1.82, 2.24) is 9.66 Å². The van der Waals surface area contributed by atoms with Gasteiger partial charge in [-0.25, -0.2) is 9.66 Å². The Morgan fingerprint density at radius 1 is 1.33 bits per heavy atom. The molecule has 27 heavy (non-hydrogen) atoms. The lowest BCUT2D eigenvalue weighted by molar-refractivity contribution is -0.384. The number of nitrogens with two attached hydrogens (primary N) is 1. The molecule has 9 heteroatoms. The Labute approximate surface area is 152 Å². The Morgan fingerprint density at radius 2 is 2.15 bits per heavy atom. The SMILES string of the molecule is N#Cc1ccc2c(c1)Oc1ncn(N)c(=N)c1C2c1cccc([N+](=O)[O-])c1. The number of nitro groups is 1. The lowest BCUT2D eigenvalue weighted by atomic mass is 9.83. The van der Waals surface area contributed by atoms with E-state index in [2.05, 4.69) is 4.98 Å². The quantitative estimate of drug-likeness (QED) is 0.318. The summed E-state index contributed by atoms with van der Waals surface area (Å²) in [4.78, 5) is 14.9. The van der Waals surface area contributed by atoms with E-state index >= 15 is 0 Å². The predicted molar refractivity (Wildman–Crippen MR) is 93.5 cm³/mol. The van der Waals surface area contributed by atoms with Crippen LogP contribution in [0, 0.1) is 26.9 Å². The Morgan fingerprint density at radius 3 is 2.89 bits per heavy atom. The number of benzene rings is 2. The second-order valence-corrected chi connectivity index (χ2v) is 5.97. The van der Waals surface area contributed by atoms with Gasteiger partial charge in [0.25, 0.3) is 5.69 Å². The maximum atomic E-state index is 11.2. The molecule has 4 rings (SSSR count). The number of nitrogens with one attached hydrogen (secondary N) is 1. The number of hydrogen-bond acceptors (Lipinski definition) is 7. The van der Waals surface area contributed by atoms with Crippen LogP contribution in [-0.2, 0) is 0 Å². The minimum Gasteiger partial charge on any atom is -0.438 e. The highest BCUT2D eigenvalue weighted by Crippen LogP contribution is 2.45. The van der Waals surface area contributed by atoms with Crippen molar-refractivity contribution in [2.75, 3.05) is 5.84 Å². The minimum atomic E-state index is -0.549. The van der Waals surface area contributed by atoms with Crippen molar-refractivity contribution in [3.63, 3.8) is 0 Å². The summed E-state index contributed by atoms with van der Waals surface area (Å²) < 4.78 is 6.86. The molecule has 0 aliphatic carbocycles. The van der Waals surface area contributed by atoms with Crippen molar-refractivity contribution in [1.29, 1.82) is 10.7 Å². The predicted octanol–water partition coefficient (Wildman–Crippen LogP) is 2.14. The lowest BCUT2D eigenvalue weighted by Crippen LogP contribution is -2.33. The minimum absolute atomic E-state index is 0.0217. The summed E-state index contributed by atoms with van der Waals surface area (Å²) in [5.74, 6) is 5.84. The Balaban J connectivity index is 2.02. The van der Waals surface area contributed by atoms with Gasteiger partial charge < -0.3 is 10.6 Å². The molecule has 3 N–H and O–H groups in total. The summed E-state index contributed by atoms with van der Waals surface area (Å²) in [5, 5.41) is 28.7. The standard InChI is InChI=1S/C18H12N6O3/c19-8-10-4-5-13-14(6-10)27-18-16(17(20)23(21)9-22-18)15(13)11-2-1-3-12(7-11)24(25)26/h1-7,9,15,20H,21H2. The summed E-state index contributed by atoms with van der Waals surface area (Å²) in [7, 11) is 0. The molecule has 1 aliphatic heterocycles. The maximum Gasteiger partial charge on any atom is 0.269 e. The monoisotopic (exact) mass is 360 g/mol. The van der Waals surface area contributed by atoms with E-state index in [0.29, 0.717) is 28.0 Å². The molecule has 0 radical (unpaired) electrons. The lowest BCUT2D eigenvalue weighted by Gasteiger charge is -2.28. The first-order valence-electron chi connectivity index (χ1n) is 7.87. The summed E-state index contributed by atoms with van der Waals surface area (Å²) in [6.45, 7) is 0. The number of rotatable bonds is 2. The van der Waals surface area contributed by atoms with Crippen molar-refractivity contribution in [2.24, 2.45) is 0 Å². The van der Waals surface area contributed by atoms with Crippen molar-refractivity contribution in [3.8, 4) is 17.7 Å². The second kappa shape index (κ2) is 5.96. The Kier molecular flexibility index (Phi) is 3.60. The van der Waals surface area contributed by atoms with Crippen LogP contribution in [0.3, 0.4) is 0 Å². The van der Waals surface area contributed by atoms with Crippen LogP contribution >= 0.6 is 0 Å². The van der Waals surface area contributed by atoms with Crippen molar-refractivity contribution in [2.45, 2.75) is 5.92 Å². The van der Waals surface area contributed by atoms with Crippen LogP contribution in [0.15, 0.2) is 48.8 Å². The van der Waals surface area contributed by atoms with E-state index in [4.69, 9.17) is 21.3 Å². The van der Waals surface area contributed by atoms with Gasteiger partial charge in [-0.1, -0.05) is 18.2 Å². The van der Waals surface area contributed by atoms with Gasteiger partial charge in [-0.15, -0.1) is 0 Å². The normalized spacial score (nSPS) is 14.4. The third-order valence-electron chi connectivity index (χ3n) is 4.41. The van der Waals surface area contributed by atoms with Crippen LogP contribution in [0.5, 0.6) is 11.6 Å². The molecular weight excluding hydrogens is 348 g/mol. The number of hydrogen-bond donors (Lipinski definition) is 2. The maximum absolute atomic E-state index is 11.2. The van der Waals surface area contributed by atoms with Crippen LogP contribution in [-0.4, -0.2) is 14.6 Å². The van der Waals surface area contributed by atoms with E-state index in [1.54, 1.807) is 30.3 Å². The van der Waals surface area contributed by atoms with Gasteiger partial charge in [0.2, 0.25) is 5.88 Å². The molecule has 0 spiro atoms. The molecule has 9 nitrogen and oxygen atoms in total. The molecule has 0 fully saturated rings. The molecular formula is C18H12N6O3. The van der Waals surface area contributed by atoms with E-state index in [0.717, 1.165) is 4.68 Å². The Hall–Kier alpha value is -4.19. The summed E-state index contributed by atoms with van der Waals surface area (Å²) in [5.41, 5.74) is 1.99. The fourth-order valence-corrected chi connectivity index (χ4v) is 3.18. The van der Waals surface area contributed by atoms with Gasteiger partial charge in [0.05, 0.1) is 22.1 Å². The third-order valence-corrected chi connectivity index (χ3v) is 4.41. The van der Waals surface area contributed by atoms with E-state index < -0.39 is 10.8 Å². The van der Waals surface area contributed by atoms with Gasteiger partial charge in [0, 0.05) is 23.6 Å². The first kappa shape index (κ1) is 16.3. The van der Waals surface area contributed by atoms with Crippen LogP contribution in [0.1, 0.15) is 28.2 Å². The highest BCUT2D eigenvalue weighted by molar-refractivity contribution is 5.58. The molecule has 132 valence electrons. The van der Waals surface area contributed by atoms with Crippen molar-refractivity contribution in [3.05, 3.63) is 86.6 Å². The largest absolute Gasteiger partial charge is 0.438 e. The molecule has 2 heterocycles. The number of aromatic nitrogens is 2. The number of nitro benzene ring substituents is 1. The van der Waals surface area contributed by atoms with Gasteiger partial charge >= 0.3 is 0 Å². The summed E-state index contributed by atoms with van der Waals surface area (Å²) >= 11 is 0. The molecule has 1 unspecified atom stereocenters. The molecule has 0 saturated heterocycles. The highest BCUT2D eigenvalue weighted by Gasteiger charge is 2.32. The molecule has 1 atom stereocenters. The van der Waals surface area contributed by atoms with Crippen molar-refractivity contribution >= 4 is 5.69 Å². The summed E-state index contributed by atoms with van der Waals surface area (Å²) in [6.07, 6.45) is 1.25. The van der Waals surface area contributed by atoms with Crippen molar-refractivity contribution < 1.29 is 9.66 Å². The molecule has 2 aromatic carbocycles. The number of nitrogen functional groups attached to an aromatic ring is 1. The van der Waals surface area contributed by atoms with E-state index in [9.17, 15) is 10.1 Å². The summed E-state index contributed by atoms with van der Waals surface area (Å²) in [6, 6.07) is 13.2. The molecule has 0 saturated carbocycles. The smallest absolute Gasteiger partial charge is 0.269 e. The van der Waals surface area contributed by atoms with E-state index in [-0.39, 0.29) is 17.1 Å². The first-order valence-corrected chi connectivity index (χ1v) is 7.87. The van der Waals surface area contributed by atoms with Crippen LogP contribution in [0.2, 0.25) is 0 Å². The third kappa shape index (κ3) is 2.56. The van der Waals surface area contributed by atoms with Crippen LogP contribution in [0.4, 0.5) is 5.69 Å². The molecule has 3 aromatic rings. The molecule has 0 bridgehead atoms. The molecule has 1 aromatic heterocycles.